The molecule has 0 fully saturated rings. The molecule has 1 aromatic heterocycles. The van der Waals surface area contributed by atoms with Gasteiger partial charge in [-0.1, -0.05) is 23.7 Å². The molecule has 0 saturated heterocycles. The summed E-state index contributed by atoms with van der Waals surface area (Å²) < 4.78 is 13.2. The van der Waals surface area contributed by atoms with Crippen molar-refractivity contribution in [3.63, 3.8) is 0 Å². The van der Waals surface area contributed by atoms with Gasteiger partial charge in [0, 0.05) is 16.4 Å². The van der Waals surface area contributed by atoms with E-state index in [1.165, 1.54) is 18.3 Å². The Hall–Kier alpha value is -2.92. The van der Waals surface area contributed by atoms with Crippen LogP contribution in [0.2, 0.25) is 5.02 Å². The van der Waals surface area contributed by atoms with Crippen molar-refractivity contribution < 1.29 is 9.18 Å². The number of rotatable bonds is 4. The largest absolute Gasteiger partial charge is 0.354 e. The maximum atomic E-state index is 13.2. The zero-order valence-corrected chi connectivity index (χ0v) is 14.1. The summed E-state index contributed by atoms with van der Waals surface area (Å²) in [5.41, 5.74) is 3.07. The van der Waals surface area contributed by atoms with Gasteiger partial charge in [0.2, 0.25) is 0 Å². The number of carbonyl (C=O) groups is 1. The number of benzene rings is 2. The fourth-order valence-electron chi connectivity index (χ4n) is 2.25. The van der Waals surface area contributed by atoms with E-state index in [0.717, 1.165) is 5.56 Å². The van der Waals surface area contributed by atoms with Gasteiger partial charge >= 0.3 is 0 Å². The van der Waals surface area contributed by atoms with Crippen molar-refractivity contribution >= 4 is 34.6 Å². The van der Waals surface area contributed by atoms with Crippen LogP contribution >= 0.6 is 11.6 Å². The van der Waals surface area contributed by atoms with Crippen LogP contribution in [0, 0.1) is 12.7 Å². The molecule has 3 rings (SSSR count). The summed E-state index contributed by atoms with van der Waals surface area (Å²) in [6, 6.07) is 14.7. The molecule has 6 heteroatoms. The number of aryl methyl sites for hydroxylation is 1. The summed E-state index contributed by atoms with van der Waals surface area (Å²) in [7, 11) is 0. The van der Waals surface area contributed by atoms with Crippen LogP contribution in [0.4, 0.5) is 21.5 Å². The summed E-state index contributed by atoms with van der Waals surface area (Å²) in [6.07, 6.45) is 1.52. The van der Waals surface area contributed by atoms with Crippen LogP contribution in [0.25, 0.3) is 0 Å². The molecule has 2 aromatic carbocycles. The lowest BCUT2D eigenvalue weighted by atomic mass is 10.2. The number of hydrogen-bond donors (Lipinski definition) is 2. The van der Waals surface area contributed by atoms with Gasteiger partial charge in [0.05, 0.1) is 11.9 Å². The molecule has 126 valence electrons. The summed E-state index contributed by atoms with van der Waals surface area (Å²) in [5, 5.41) is 6.36. The Bertz CT molecular complexity index is 913. The predicted octanol–water partition coefficient (Wildman–Crippen LogP) is 5.18. The summed E-state index contributed by atoms with van der Waals surface area (Å²) in [4.78, 5) is 16.4. The van der Waals surface area contributed by atoms with Gasteiger partial charge in [-0.05, 0) is 55.0 Å². The van der Waals surface area contributed by atoms with Crippen molar-refractivity contribution in [3.05, 3.63) is 82.9 Å². The van der Waals surface area contributed by atoms with Gasteiger partial charge in [-0.2, -0.15) is 0 Å². The molecule has 0 aliphatic heterocycles. The third-order valence-corrected chi connectivity index (χ3v) is 3.79. The number of hydrogen-bond acceptors (Lipinski definition) is 3. The number of amides is 1. The first-order valence-electron chi connectivity index (χ1n) is 7.57. The molecule has 0 unspecified atom stereocenters. The molecule has 0 atom stereocenters. The first-order valence-corrected chi connectivity index (χ1v) is 7.95. The number of halogens is 2. The Kier molecular flexibility index (Phi) is 4.95. The molecule has 0 spiro atoms. The molecule has 3 aromatic rings. The van der Waals surface area contributed by atoms with Crippen LogP contribution in [0.5, 0.6) is 0 Å². The fraction of sp³-hybridized carbons (Fsp3) is 0.0526. The smallest absolute Gasteiger partial charge is 0.274 e. The summed E-state index contributed by atoms with van der Waals surface area (Å²) in [6.45, 7) is 1.88. The zero-order chi connectivity index (χ0) is 17.8. The lowest BCUT2D eigenvalue weighted by Crippen LogP contribution is -2.14. The average Bonchev–Trinajstić information content (AvgIpc) is 2.59. The van der Waals surface area contributed by atoms with E-state index in [4.69, 9.17) is 11.6 Å². The first kappa shape index (κ1) is 16.9. The predicted molar refractivity (Wildman–Crippen MR) is 98.1 cm³/mol. The van der Waals surface area contributed by atoms with Crippen LogP contribution in [-0.4, -0.2) is 10.9 Å². The number of anilines is 3. The zero-order valence-electron chi connectivity index (χ0n) is 13.4. The highest BCUT2D eigenvalue weighted by molar-refractivity contribution is 6.31. The number of pyridine rings is 1. The monoisotopic (exact) mass is 355 g/mol. The highest BCUT2D eigenvalue weighted by Crippen LogP contribution is 2.21. The minimum absolute atomic E-state index is 0.268. The number of nitrogens with one attached hydrogen (secondary N) is 2. The third kappa shape index (κ3) is 4.33. The first-order chi connectivity index (χ1) is 12.0. The van der Waals surface area contributed by atoms with Crippen molar-refractivity contribution in [1.82, 2.24) is 4.98 Å². The molecule has 4 nitrogen and oxygen atoms in total. The second kappa shape index (κ2) is 7.32. The van der Waals surface area contributed by atoms with Crippen molar-refractivity contribution in [2.45, 2.75) is 6.92 Å². The van der Waals surface area contributed by atoms with E-state index in [1.807, 2.05) is 13.0 Å². The van der Waals surface area contributed by atoms with Gasteiger partial charge in [-0.15, -0.1) is 0 Å². The molecule has 1 amide bonds. The van der Waals surface area contributed by atoms with E-state index >= 15 is 0 Å². The van der Waals surface area contributed by atoms with Gasteiger partial charge in [-0.25, -0.2) is 9.37 Å². The third-order valence-electron chi connectivity index (χ3n) is 3.56. The van der Waals surface area contributed by atoms with Crippen LogP contribution in [0.15, 0.2) is 60.8 Å². The Morgan fingerprint density at radius 3 is 2.64 bits per heavy atom. The number of carbonyl (C=O) groups excluding carboxylic acids is 1. The van der Waals surface area contributed by atoms with Gasteiger partial charge in [0.15, 0.2) is 0 Å². The minimum Gasteiger partial charge on any atom is -0.354 e. The van der Waals surface area contributed by atoms with Crippen LogP contribution in [0.3, 0.4) is 0 Å². The molecule has 2 N–H and O–H groups in total. The quantitative estimate of drug-likeness (QED) is 0.678. The molecule has 25 heavy (non-hydrogen) atoms. The topological polar surface area (TPSA) is 54.0 Å². The Morgan fingerprint density at radius 1 is 1.08 bits per heavy atom. The highest BCUT2D eigenvalue weighted by Gasteiger charge is 2.10. The molecule has 0 bridgehead atoms. The molecular weight excluding hydrogens is 341 g/mol. The Labute approximate surface area is 149 Å². The van der Waals surface area contributed by atoms with Crippen molar-refractivity contribution in [2.75, 3.05) is 10.6 Å². The van der Waals surface area contributed by atoms with E-state index < -0.39 is 0 Å². The number of nitrogens with zero attached hydrogens (tertiary/aromatic N) is 1. The second-order valence-corrected chi connectivity index (χ2v) is 5.92. The Morgan fingerprint density at radius 2 is 1.92 bits per heavy atom. The SMILES string of the molecule is Cc1ccc(Cl)cc1NC(=O)c1ccc(Nc2cccc(F)c2)cn1. The van der Waals surface area contributed by atoms with Crippen LogP contribution < -0.4 is 10.6 Å². The van der Waals surface area contributed by atoms with Crippen LogP contribution in [-0.2, 0) is 0 Å². The lowest BCUT2D eigenvalue weighted by Gasteiger charge is -2.09. The van der Waals surface area contributed by atoms with Gasteiger partial charge in [-0.3, -0.25) is 4.79 Å². The maximum absolute atomic E-state index is 13.2. The fourth-order valence-corrected chi connectivity index (χ4v) is 2.42. The van der Waals surface area contributed by atoms with Crippen molar-refractivity contribution in [2.24, 2.45) is 0 Å². The van der Waals surface area contributed by atoms with Crippen molar-refractivity contribution in [3.8, 4) is 0 Å². The van der Waals surface area contributed by atoms with E-state index in [1.54, 1.807) is 36.4 Å². The normalized spacial score (nSPS) is 10.4. The van der Waals surface area contributed by atoms with Crippen LogP contribution in [0.1, 0.15) is 16.1 Å². The summed E-state index contributed by atoms with van der Waals surface area (Å²) in [5.74, 6) is -0.659. The van der Waals surface area contributed by atoms with Crippen molar-refractivity contribution in [1.29, 1.82) is 0 Å². The van der Waals surface area contributed by atoms with E-state index in [0.29, 0.717) is 22.1 Å². The van der Waals surface area contributed by atoms with E-state index in [9.17, 15) is 9.18 Å². The summed E-state index contributed by atoms with van der Waals surface area (Å²) >= 11 is 5.95. The van der Waals surface area contributed by atoms with E-state index in [-0.39, 0.29) is 17.4 Å². The highest BCUT2D eigenvalue weighted by atomic mass is 35.5. The van der Waals surface area contributed by atoms with Gasteiger partial charge in [0.1, 0.15) is 11.5 Å². The molecule has 1 heterocycles. The van der Waals surface area contributed by atoms with E-state index in [2.05, 4.69) is 15.6 Å². The lowest BCUT2D eigenvalue weighted by molar-refractivity contribution is 0.102. The second-order valence-electron chi connectivity index (χ2n) is 5.48. The van der Waals surface area contributed by atoms with Gasteiger partial charge in [0.25, 0.3) is 5.91 Å². The Balaban J connectivity index is 1.71. The number of aromatic nitrogens is 1. The maximum Gasteiger partial charge on any atom is 0.274 e. The molecule has 0 radical (unpaired) electrons. The average molecular weight is 356 g/mol. The molecule has 0 saturated carbocycles. The standard InChI is InChI=1S/C19H15ClFN3O/c1-12-5-6-13(20)9-18(12)24-19(25)17-8-7-16(11-22-17)23-15-4-2-3-14(21)10-15/h2-11,23H,1H3,(H,24,25). The molecule has 0 aliphatic carbocycles. The molecular formula is C19H15ClFN3O. The van der Waals surface area contributed by atoms with Gasteiger partial charge < -0.3 is 10.6 Å². The minimum atomic E-state index is -0.331. The molecule has 0 aliphatic rings.